The Morgan fingerprint density at radius 1 is 0.947 bits per heavy atom. The molecule has 0 aliphatic carbocycles. The van der Waals surface area contributed by atoms with Gasteiger partial charge in [-0.2, -0.15) is 10.2 Å². The lowest BCUT2D eigenvalue weighted by Crippen LogP contribution is -2.48. The number of amides is 3. The number of carbonyl (C=O) groups excluding carboxylic acids is 2. The predicted molar refractivity (Wildman–Crippen MR) is 143 cm³/mol. The summed E-state index contributed by atoms with van der Waals surface area (Å²) >= 11 is 3.67. The van der Waals surface area contributed by atoms with Gasteiger partial charge < -0.3 is 30.8 Å². The quantitative estimate of drug-likeness (QED) is 0.106. The smallest absolute Gasteiger partial charge is 0.366 e. The number of hydrazone groups is 2. The summed E-state index contributed by atoms with van der Waals surface area (Å²) in [4.78, 5) is 32.0. The number of hydrogen-bond donors (Lipinski definition) is 8. The maximum atomic E-state index is 12.2. The van der Waals surface area contributed by atoms with Gasteiger partial charge in [0.15, 0.2) is 0 Å². The molecule has 2 aromatic rings. The summed E-state index contributed by atoms with van der Waals surface area (Å²) in [5.41, 5.74) is 4.24. The minimum Gasteiger partial charge on any atom is -0.394 e. The van der Waals surface area contributed by atoms with Gasteiger partial charge in [0.05, 0.1) is 35.5 Å². The second kappa shape index (κ2) is 17.2. The third-order valence-electron chi connectivity index (χ3n) is 4.75. The van der Waals surface area contributed by atoms with E-state index in [4.69, 9.17) is 20.4 Å². The average molecular weight is 552 g/mol. The lowest BCUT2D eigenvalue weighted by Gasteiger charge is -2.25. The van der Waals surface area contributed by atoms with Gasteiger partial charge in [-0.1, -0.05) is 24.8 Å². The second-order valence-electron chi connectivity index (χ2n) is 7.68. The predicted octanol–water partition coefficient (Wildman–Crippen LogP) is -0.672. The van der Waals surface area contributed by atoms with E-state index < -0.39 is 42.3 Å². The minimum absolute atomic E-state index is 0.0936. The molecule has 4 atom stereocenters. The number of hydrogen-bond acceptors (Lipinski definition) is 12. The van der Waals surface area contributed by atoms with Gasteiger partial charge in [-0.3, -0.25) is 14.8 Å². The Labute approximate surface area is 225 Å². The molecule has 0 spiro atoms. The van der Waals surface area contributed by atoms with Crippen LogP contribution in [0.4, 0.5) is 9.59 Å². The molecule has 208 valence electrons. The van der Waals surface area contributed by atoms with Crippen molar-refractivity contribution in [2.75, 3.05) is 20.2 Å². The average Bonchev–Trinajstić information content (AvgIpc) is 2.94. The molecule has 0 aliphatic heterocycles. The van der Waals surface area contributed by atoms with Crippen molar-refractivity contribution in [3.63, 3.8) is 0 Å². The van der Waals surface area contributed by atoms with Crippen LogP contribution >= 0.6 is 12.6 Å². The van der Waals surface area contributed by atoms with E-state index in [0.717, 1.165) is 0 Å². The van der Waals surface area contributed by atoms with Gasteiger partial charge in [0.1, 0.15) is 18.3 Å². The molecule has 0 aromatic carbocycles. The van der Waals surface area contributed by atoms with Gasteiger partial charge in [-0.25, -0.2) is 10.2 Å². The van der Waals surface area contributed by atoms with Crippen molar-refractivity contribution in [2.45, 2.75) is 38.3 Å². The van der Waals surface area contributed by atoms with Crippen molar-refractivity contribution >= 4 is 35.3 Å². The Morgan fingerprint density at radius 3 is 1.92 bits per heavy atom. The Hall–Kier alpha value is -3.31. The zero-order valence-electron chi connectivity index (χ0n) is 21.1. The van der Waals surface area contributed by atoms with Crippen molar-refractivity contribution in [1.82, 2.24) is 25.7 Å². The van der Waals surface area contributed by atoms with E-state index in [1.165, 1.54) is 0 Å². The molecule has 0 unspecified atom stereocenters. The van der Waals surface area contributed by atoms with Crippen LogP contribution in [0.3, 0.4) is 0 Å². The first-order chi connectivity index (χ1) is 18.0. The summed E-state index contributed by atoms with van der Waals surface area (Å²) in [5.74, 6) is 0. The first-order valence-electron chi connectivity index (χ1n) is 11.3. The van der Waals surface area contributed by atoms with Crippen LogP contribution in [0.15, 0.2) is 59.0 Å². The molecule has 0 bridgehead atoms. The number of nitrogens with one attached hydrogen (secondary N) is 2. The number of imide groups is 1. The molecule has 14 nitrogen and oxygen atoms in total. The number of urea groups is 1. The van der Waals surface area contributed by atoms with Crippen LogP contribution in [0.5, 0.6) is 0 Å². The summed E-state index contributed by atoms with van der Waals surface area (Å²) in [6, 6.07) is 9.70. The van der Waals surface area contributed by atoms with Crippen molar-refractivity contribution < 1.29 is 35.1 Å². The van der Waals surface area contributed by atoms with Gasteiger partial charge in [0, 0.05) is 18.9 Å². The number of aromatic nitrogens is 2. The van der Waals surface area contributed by atoms with E-state index in [1.807, 2.05) is 0 Å². The lowest BCUT2D eigenvalue weighted by molar-refractivity contribution is -0.113. The monoisotopic (exact) mass is 551 g/mol. The van der Waals surface area contributed by atoms with Gasteiger partial charge in [-0.05, 0) is 45.2 Å². The fourth-order valence-electron chi connectivity index (χ4n) is 2.66. The Balaban J connectivity index is 0.000000471. The molecule has 0 aliphatic rings. The largest absolute Gasteiger partial charge is 0.394 e. The molecular formula is C23H33N7O7S. The van der Waals surface area contributed by atoms with Crippen molar-refractivity contribution in [3.8, 4) is 0 Å². The van der Waals surface area contributed by atoms with Gasteiger partial charge in [0.25, 0.3) is 0 Å². The third-order valence-corrected chi connectivity index (χ3v) is 4.94. The van der Waals surface area contributed by atoms with Crippen molar-refractivity contribution in [3.05, 3.63) is 60.2 Å². The number of pyridine rings is 2. The highest BCUT2D eigenvalue weighted by molar-refractivity contribution is 7.96. The fourth-order valence-corrected chi connectivity index (χ4v) is 2.79. The van der Waals surface area contributed by atoms with E-state index in [1.54, 1.807) is 69.7 Å². The number of likely N-dealkylation sites (N-methyl/N-ethyl adjacent to an activating group) is 1. The molecular weight excluding hydrogens is 518 g/mol. The SMILES string of the molecule is CC(=NNC(=O)N(N=C(C)c1ccccn1)C(=O)S)c1ccccn1.CNC[C@H](O)[C@@H](O)[C@H](O)[C@H](O)CO. The van der Waals surface area contributed by atoms with Crippen LogP contribution in [-0.2, 0) is 0 Å². The first-order valence-corrected chi connectivity index (χ1v) is 11.7. The highest BCUT2D eigenvalue weighted by Gasteiger charge is 2.29. The van der Waals surface area contributed by atoms with Gasteiger partial charge >= 0.3 is 11.3 Å². The fraction of sp³-hybridized carbons (Fsp3) is 0.391. The number of nitrogens with zero attached hydrogens (tertiary/aromatic N) is 5. The molecule has 2 rings (SSSR count). The van der Waals surface area contributed by atoms with Crippen LogP contribution in [0.25, 0.3) is 0 Å². The summed E-state index contributed by atoms with van der Waals surface area (Å²) in [6.07, 6.45) is -2.45. The van der Waals surface area contributed by atoms with E-state index in [2.05, 4.69) is 43.5 Å². The Morgan fingerprint density at radius 2 is 1.47 bits per heavy atom. The van der Waals surface area contributed by atoms with Crippen LogP contribution < -0.4 is 10.7 Å². The third kappa shape index (κ3) is 11.0. The molecule has 2 heterocycles. The molecule has 38 heavy (non-hydrogen) atoms. The molecule has 0 saturated heterocycles. The topological polar surface area (TPSA) is 213 Å². The number of thiol groups is 1. The highest BCUT2D eigenvalue weighted by atomic mass is 32.1. The van der Waals surface area contributed by atoms with Gasteiger partial charge in [-0.15, -0.1) is 5.01 Å². The molecule has 0 fully saturated rings. The van der Waals surface area contributed by atoms with E-state index in [-0.39, 0.29) is 6.54 Å². The van der Waals surface area contributed by atoms with Crippen molar-refractivity contribution in [1.29, 1.82) is 0 Å². The van der Waals surface area contributed by atoms with Gasteiger partial charge in [0.2, 0.25) is 0 Å². The molecule has 3 amide bonds. The number of rotatable bonds is 10. The van der Waals surface area contributed by atoms with Crippen LogP contribution in [0, 0.1) is 0 Å². The number of aliphatic hydroxyl groups is 5. The van der Waals surface area contributed by atoms with Crippen LogP contribution in [0.1, 0.15) is 25.2 Å². The molecule has 2 aromatic heterocycles. The first kappa shape index (κ1) is 32.7. The second-order valence-corrected chi connectivity index (χ2v) is 8.06. The van der Waals surface area contributed by atoms with Crippen LogP contribution in [-0.4, -0.2) is 108 Å². The molecule has 7 N–H and O–H groups in total. The summed E-state index contributed by atoms with van der Waals surface area (Å²) in [7, 11) is 1.57. The molecule has 0 saturated carbocycles. The highest BCUT2D eigenvalue weighted by Crippen LogP contribution is 2.05. The summed E-state index contributed by atoms with van der Waals surface area (Å²) < 4.78 is 0. The van der Waals surface area contributed by atoms with E-state index in [0.29, 0.717) is 27.8 Å². The zero-order chi connectivity index (χ0) is 28.7. The normalized spacial score (nSPS) is 14.9. The Kier molecular flexibility index (Phi) is 14.8. The van der Waals surface area contributed by atoms with Crippen LogP contribution in [0.2, 0.25) is 0 Å². The number of carbonyl (C=O) groups is 2. The van der Waals surface area contributed by atoms with E-state index in [9.17, 15) is 14.7 Å². The molecule has 15 heteroatoms. The minimum atomic E-state index is -1.55. The van der Waals surface area contributed by atoms with Crippen molar-refractivity contribution in [2.24, 2.45) is 10.2 Å². The standard InChI is InChI=1S/C16H16N6O2S.C7H17NO5/c1-11(13-7-3-5-9-17-13)19-20-15(23)22(16(24)25)21-12(2)14-8-4-6-10-18-14;1-8-2-4(10)6(12)7(13)5(11)3-9/h3-10H,1-2H3,(H,20,23)(H,24,25);4-13H,2-3H2,1H3/t;4-,5+,6+,7+/m.0/s1. The summed E-state index contributed by atoms with van der Waals surface area (Å²) in [6.45, 7) is 2.74. The zero-order valence-corrected chi connectivity index (χ0v) is 22.0. The Bertz CT molecular complexity index is 1060. The van der Waals surface area contributed by atoms with E-state index >= 15 is 0 Å². The maximum Gasteiger partial charge on any atom is 0.366 e. The molecule has 0 radical (unpaired) electrons. The lowest BCUT2D eigenvalue weighted by atomic mass is 10.0. The summed E-state index contributed by atoms with van der Waals surface area (Å²) in [5, 5.41) is 55.1. The number of aliphatic hydroxyl groups excluding tert-OH is 5. The maximum absolute atomic E-state index is 12.2.